The molecular weight excluding hydrogens is 258 g/mol. The molecule has 2 nitrogen and oxygen atoms in total. The van der Waals surface area contributed by atoms with Crippen LogP contribution in [0.4, 0.5) is 5.69 Å². The quantitative estimate of drug-likeness (QED) is 0.554. The number of anilines is 1. The maximum Gasteiger partial charge on any atom is 0.187 e. The Labute approximate surface area is 123 Å². The van der Waals surface area contributed by atoms with Crippen molar-refractivity contribution in [2.75, 3.05) is 5.32 Å². The number of ketones is 1. The summed E-state index contributed by atoms with van der Waals surface area (Å²) in [5.74, 6) is -0.00442. The minimum Gasteiger partial charge on any atom is -0.362 e. The van der Waals surface area contributed by atoms with Gasteiger partial charge >= 0.3 is 0 Å². The lowest BCUT2D eigenvalue weighted by Crippen LogP contribution is -1.97. The molecule has 2 heteroatoms. The zero-order valence-electron chi connectivity index (χ0n) is 11.5. The summed E-state index contributed by atoms with van der Waals surface area (Å²) in [7, 11) is 0. The number of allylic oxidation sites excluding steroid dienone is 1. The molecule has 0 saturated heterocycles. The van der Waals surface area contributed by atoms with Gasteiger partial charge in [-0.2, -0.15) is 0 Å². The molecule has 0 atom stereocenters. The van der Waals surface area contributed by atoms with Gasteiger partial charge in [0.1, 0.15) is 0 Å². The van der Waals surface area contributed by atoms with Crippen LogP contribution in [0.15, 0.2) is 85.1 Å². The van der Waals surface area contributed by atoms with Crippen molar-refractivity contribution < 1.29 is 4.79 Å². The van der Waals surface area contributed by atoms with Gasteiger partial charge in [-0.05, 0) is 22.9 Å². The number of benzene rings is 3. The molecule has 1 N–H and O–H groups in total. The van der Waals surface area contributed by atoms with Crippen molar-refractivity contribution in [1.29, 1.82) is 0 Å². The van der Waals surface area contributed by atoms with Crippen LogP contribution in [-0.4, -0.2) is 5.78 Å². The van der Waals surface area contributed by atoms with E-state index in [4.69, 9.17) is 0 Å². The molecule has 0 heterocycles. The highest BCUT2D eigenvalue weighted by molar-refractivity contribution is 6.13. The fraction of sp³-hybridized carbons (Fsp3) is 0. The zero-order valence-corrected chi connectivity index (χ0v) is 11.5. The Kier molecular flexibility index (Phi) is 3.79. The number of hydrogen-bond donors (Lipinski definition) is 1. The second-order valence-electron chi connectivity index (χ2n) is 4.73. The SMILES string of the molecule is O=C(/C=C\Nc1ccccc1)c1cccc2ccccc12. The number of nitrogens with one attached hydrogen (secondary N) is 1. The molecule has 0 bridgehead atoms. The number of fused-ring (bicyclic) bond motifs is 1. The van der Waals surface area contributed by atoms with Gasteiger partial charge in [-0.3, -0.25) is 4.79 Å². The fourth-order valence-electron chi connectivity index (χ4n) is 2.28. The lowest BCUT2D eigenvalue weighted by molar-refractivity contribution is 0.104. The fourth-order valence-corrected chi connectivity index (χ4v) is 2.28. The summed E-state index contributed by atoms with van der Waals surface area (Å²) in [4.78, 5) is 12.3. The second kappa shape index (κ2) is 6.06. The molecule has 0 amide bonds. The Morgan fingerprint density at radius 1 is 0.810 bits per heavy atom. The molecule has 0 aliphatic heterocycles. The first kappa shape index (κ1) is 13.1. The van der Waals surface area contributed by atoms with Crippen LogP contribution < -0.4 is 5.32 Å². The van der Waals surface area contributed by atoms with Crippen LogP contribution in [0.25, 0.3) is 10.8 Å². The summed E-state index contributed by atoms with van der Waals surface area (Å²) in [6, 6.07) is 23.4. The maximum atomic E-state index is 12.3. The summed E-state index contributed by atoms with van der Waals surface area (Å²) < 4.78 is 0. The molecule has 21 heavy (non-hydrogen) atoms. The molecule has 0 saturated carbocycles. The molecule has 102 valence electrons. The number of para-hydroxylation sites is 1. The van der Waals surface area contributed by atoms with Crippen LogP contribution in [-0.2, 0) is 0 Å². The van der Waals surface area contributed by atoms with Crippen molar-refractivity contribution in [2.24, 2.45) is 0 Å². The minimum atomic E-state index is -0.00442. The highest BCUT2D eigenvalue weighted by Gasteiger charge is 2.05. The number of carbonyl (C=O) groups is 1. The van der Waals surface area contributed by atoms with Crippen LogP contribution in [0.1, 0.15) is 10.4 Å². The van der Waals surface area contributed by atoms with E-state index in [1.165, 1.54) is 0 Å². The molecule has 0 aliphatic carbocycles. The Balaban J connectivity index is 1.81. The minimum absolute atomic E-state index is 0.00442. The van der Waals surface area contributed by atoms with Gasteiger partial charge in [0, 0.05) is 23.5 Å². The van der Waals surface area contributed by atoms with Gasteiger partial charge < -0.3 is 5.32 Å². The number of carbonyl (C=O) groups excluding carboxylic acids is 1. The van der Waals surface area contributed by atoms with E-state index >= 15 is 0 Å². The van der Waals surface area contributed by atoms with E-state index in [-0.39, 0.29) is 5.78 Å². The van der Waals surface area contributed by atoms with Crippen LogP contribution in [0.2, 0.25) is 0 Å². The van der Waals surface area contributed by atoms with Gasteiger partial charge in [0.05, 0.1) is 0 Å². The molecule has 0 radical (unpaired) electrons. The lowest BCUT2D eigenvalue weighted by atomic mass is 10.0. The number of hydrogen-bond acceptors (Lipinski definition) is 2. The molecule has 0 fully saturated rings. The molecule has 3 rings (SSSR count). The van der Waals surface area contributed by atoms with E-state index in [1.54, 1.807) is 12.3 Å². The Hall–Kier alpha value is -2.87. The monoisotopic (exact) mass is 273 g/mol. The normalized spacial score (nSPS) is 10.9. The Bertz CT molecular complexity index is 786. The third-order valence-electron chi connectivity index (χ3n) is 3.31. The van der Waals surface area contributed by atoms with Gasteiger partial charge in [-0.15, -0.1) is 0 Å². The summed E-state index contributed by atoms with van der Waals surface area (Å²) in [6.07, 6.45) is 3.24. The van der Waals surface area contributed by atoms with E-state index in [1.807, 2.05) is 72.8 Å². The third-order valence-corrected chi connectivity index (χ3v) is 3.31. The molecule has 0 unspecified atom stereocenters. The second-order valence-corrected chi connectivity index (χ2v) is 4.73. The predicted octanol–water partition coefficient (Wildman–Crippen LogP) is 4.65. The van der Waals surface area contributed by atoms with Gasteiger partial charge in [0.25, 0.3) is 0 Å². The molecular formula is C19H15NO. The molecule has 0 aromatic heterocycles. The number of rotatable bonds is 4. The van der Waals surface area contributed by atoms with Crippen molar-refractivity contribution >= 4 is 22.2 Å². The first-order chi connectivity index (χ1) is 10.3. The standard InChI is InChI=1S/C19H15NO/c21-19(13-14-20-16-9-2-1-3-10-16)18-12-6-8-15-7-4-5-11-17(15)18/h1-14,20H/b14-13-. The Morgan fingerprint density at radius 2 is 1.52 bits per heavy atom. The van der Waals surface area contributed by atoms with E-state index in [0.717, 1.165) is 22.0 Å². The van der Waals surface area contributed by atoms with Crippen LogP contribution in [0.5, 0.6) is 0 Å². The summed E-state index contributed by atoms with van der Waals surface area (Å²) in [5, 5.41) is 5.15. The topological polar surface area (TPSA) is 29.1 Å². The Morgan fingerprint density at radius 3 is 2.38 bits per heavy atom. The van der Waals surface area contributed by atoms with E-state index in [2.05, 4.69) is 5.32 Å². The zero-order chi connectivity index (χ0) is 14.5. The largest absolute Gasteiger partial charge is 0.362 e. The van der Waals surface area contributed by atoms with Crippen molar-refractivity contribution in [2.45, 2.75) is 0 Å². The summed E-state index contributed by atoms with van der Waals surface area (Å²) in [5.41, 5.74) is 1.68. The maximum absolute atomic E-state index is 12.3. The van der Waals surface area contributed by atoms with E-state index < -0.39 is 0 Å². The van der Waals surface area contributed by atoms with Crippen LogP contribution >= 0.6 is 0 Å². The average Bonchev–Trinajstić information content (AvgIpc) is 2.55. The molecule has 3 aromatic carbocycles. The van der Waals surface area contributed by atoms with E-state index in [9.17, 15) is 4.79 Å². The lowest BCUT2D eigenvalue weighted by Gasteiger charge is -2.03. The summed E-state index contributed by atoms with van der Waals surface area (Å²) in [6.45, 7) is 0. The highest BCUT2D eigenvalue weighted by Crippen LogP contribution is 2.19. The highest BCUT2D eigenvalue weighted by atomic mass is 16.1. The van der Waals surface area contributed by atoms with Gasteiger partial charge in [0.2, 0.25) is 0 Å². The van der Waals surface area contributed by atoms with Gasteiger partial charge in [-0.25, -0.2) is 0 Å². The van der Waals surface area contributed by atoms with E-state index in [0.29, 0.717) is 0 Å². The summed E-state index contributed by atoms with van der Waals surface area (Å²) >= 11 is 0. The van der Waals surface area contributed by atoms with Crippen LogP contribution in [0, 0.1) is 0 Å². The van der Waals surface area contributed by atoms with Gasteiger partial charge in [-0.1, -0.05) is 60.7 Å². The van der Waals surface area contributed by atoms with Crippen molar-refractivity contribution in [3.63, 3.8) is 0 Å². The molecule has 0 aliphatic rings. The van der Waals surface area contributed by atoms with Crippen molar-refractivity contribution in [3.8, 4) is 0 Å². The predicted molar refractivity (Wildman–Crippen MR) is 87.5 cm³/mol. The van der Waals surface area contributed by atoms with Gasteiger partial charge in [0.15, 0.2) is 5.78 Å². The molecule has 3 aromatic rings. The first-order valence-electron chi connectivity index (χ1n) is 6.85. The van der Waals surface area contributed by atoms with Crippen molar-refractivity contribution in [3.05, 3.63) is 90.6 Å². The van der Waals surface area contributed by atoms with Crippen molar-refractivity contribution in [1.82, 2.24) is 0 Å². The average molecular weight is 273 g/mol. The molecule has 0 spiro atoms. The smallest absolute Gasteiger partial charge is 0.187 e. The first-order valence-corrected chi connectivity index (χ1v) is 6.85. The third kappa shape index (κ3) is 3.00. The van der Waals surface area contributed by atoms with Crippen LogP contribution in [0.3, 0.4) is 0 Å².